The summed E-state index contributed by atoms with van der Waals surface area (Å²) in [5.41, 5.74) is 3.99. The fourth-order valence-electron chi connectivity index (χ4n) is 2.94. The lowest BCUT2D eigenvalue weighted by Crippen LogP contribution is -2.11. The quantitative estimate of drug-likeness (QED) is 0.468. The monoisotopic (exact) mass is 320 g/mol. The Hall–Kier alpha value is -2.68. The molecule has 0 saturated carbocycles. The minimum absolute atomic E-state index is 0.213. The predicted molar refractivity (Wildman–Crippen MR) is 102 cm³/mol. The molecule has 0 bridgehead atoms. The number of H-pyrrole nitrogens is 2. The van der Waals surface area contributed by atoms with Gasteiger partial charge >= 0.3 is 0 Å². The summed E-state index contributed by atoms with van der Waals surface area (Å²) >= 11 is 0. The van der Waals surface area contributed by atoms with E-state index in [0.717, 1.165) is 16.7 Å². The van der Waals surface area contributed by atoms with E-state index in [4.69, 9.17) is 4.74 Å². The van der Waals surface area contributed by atoms with Crippen molar-refractivity contribution >= 4 is 21.8 Å². The number of para-hydroxylation sites is 1. The number of methoxy groups -OCH3 is 1. The van der Waals surface area contributed by atoms with E-state index in [-0.39, 0.29) is 5.41 Å². The Morgan fingerprint density at radius 3 is 2.33 bits per heavy atom. The number of benzene rings is 2. The molecule has 0 unspecified atom stereocenters. The van der Waals surface area contributed by atoms with Gasteiger partial charge in [-0.15, -0.1) is 0 Å². The molecule has 0 aliphatic heterocycles. The third kappa shape index (κ3) is 3.16. The molecular formula is C21H24N2O. The first-order valence-electron chi connectivity index (χ1n) is 8.17. The van der Waals surface area contributed by atoms with E-state index in [1.54, 1.807) is 7.11 Å². The van der Waals surface area contributed by atoms with Gasteiger partial charge in [-0.3, -0.25) is 0 Å². The van der Waals surface area contributed by atoms with Gasteiger partial charge in [0.25, 0.3) is 0 Å². The molecule has 2 aromatic carbocycles. The van der Waals surface area contributed by atoms with Crippen LogP contribution in [-0.4, -0.2) is 17.1 Å². The highest BCUT2D eigenvalue weighted by atomic mass is 16.5. The van der Waals surface area contributed by atoms with Crippen LogP contribution in [0, 0.1) is 0 Å². The van der Waals surface area contributed by atoms with Crippen LogP contribution in [0.2, 0.25) is 0 Å². The summed E-state index contributed by atoms with van der Waals surface area (Å²) in [5.74, 6) is 0.920. The largest absolute Gasteiger partial charge is 0.496 e. The summed E-state index contributed by atoms with van der Waals surface area (Å²) in [6.45, 7) is 6.72. The van der Waals surface area contributed by atoms with E-state index in [1.807, 2.05) is 36.7 Å². The third-order valence-corrected chi connectivity index (χ3v) is 4.17. The van der Waals surface area contributed by atoms with Gasteiger partial charge in [0.15, 0.2) is 0 Å². The molecular weight excluding hydrogens is 296 g/mol. The Kier molecular flexibility index (Phi) is 4.34. The Morgan fingerprint density at radius 2 is 1.58 bits per heavy atom. The zero-order valence-corrected chi connectivity index (χ0v) is 14.7. The lowest BCUT2D eigenvalue weighted by atomic mass is 9.86. The minimum atomic E-state index is 0.213. The van der Waals surface area contributed by atoms with E-state index in [9.17, 15) is 0 Å². The summed E-state index contributed by atoms with van der Waals surface area (Å²) in [5, 5.41) is 2.43. The van der Waals surface area contributed by atoms with Crippen LogP contribution in [0.3, 0.4) is 0 Å². The second-order valence-electron chi connectivity index (χ2n) is 6.90. The SMILES string of the molecule is CC(C)(C)c1cccc2cc[nH]c12.COc1cccc2[nH]ccc12. The maximum absolute atomic E-state index is 5.17. The van der Waals surface area contributed by atoms with Gasteiger partial charge in [0.2, 0.25) is 0 Å². The first-order valence-corrected chi connectivity index (χ1v) is 8.17. The van der Waals surface area contributed by atoms with Crippen molar-refractivity contribution in [3.8, 4) is 5.75 Å². The third-order valence-electron chi connectivity index (χ3n) is 4.17. The Labute approximate surface area is 142 Å². The molecule has 0 amide bonds. The molecule has 0 radical (unpaired) electrons. The molecule has 124 valence electrons. The summed E-state index contributed by atoms with van der Waals surface area (Å²) in [7, 11) is 1.68. The van der Waals surface area contributed by atoms with Crippen molar-refractivity contribution in [1.29, 1.82) is 0 Å². The maximum Gasteiger partial charge on any atom is 0.128 e. The number of rotatable bonds is 1. The van der Waals surface area contributed by atoms with Crippen LogP contribution in [0.25, 0.3) is 21.8 Å². The van der Waals surface area contributed by atoms with Gasteiger partial charge < -0.3 is 14.7 Å². The van der Waals surface area contributed by atoms with Crippen LogP contribution in [0.15, 0.2) is 60.9 Å². The topological polar surface area (TPSA) is 40.8 Å². The lowest BCUT2D eigenvalue weighted by molar-refractivity contribution is 0.420. The number of aromatic amines is 2. The molecule has 4 rings (SSSR count). The second-order valence-corrected chi connectivity index (χ2v) is 6.90. The van der Waals surface area contributed by atoms with Crippen LogP contribution in [0.5, 0.6) is 5.75 Å². The molecule has 3 heteroatoms. The Bertz CT molecular complexity index is 941. The molecule has 4 aromatic rings. The summed E-state index contributed by atoms with van der Waals surface area (Å²) in [6.07, 6.45) is 3.91. The normalized spacial score (nSPS) is 11.3. The van der Waals surface area contributed by atoms with Crippen molar-refractivity contribution < 1.29 is 4.74 Å². The fourth-order valence-corrected chi connectivity index (χ4v) is 2.94. The number of hydrogen-bond donors (Lipinski definition) is 2. The Morgan fingerprint density at radius 1 is 0.833 bits per heavy atom. The highest BCUT2D eigenvalue weighted by Crippen LogP contribution is 2.28. The minimum Gasteiger partial charge on any atom is -0.496 e. The first kappa shape index (κ1) is 16.2. The van der Waals surface area contributed by atoms with Crippen molar-refractivity contribution in [2.75, 3.05) is 7.11 Å². The second kappa shape index (κ2) is 6.44. The van der Waals surface area contributed by atoms with E-state index in [0.29, 0.717) is 0 Å². The van der Waals surface area contributed by atoms with Gasteiger partial charge in [0.1, 0.15) is 5.75 Å². The molecule has 0 aliphatic carbocycles. The van der Waals surface area contributed by atoms with Crippen LogP contribution in [0.4, 0.5) is 0 Å². The van der Waals surface area contributed by atoms with Gasteiger partial charge in [-0.1, -0.05) is 45.0 Å². The van der Waals surface area contributed by atoms with Crippen LogP contribution < -0.4 is 4.74 Å². The molecule has 0 spiro atoms. The molecule has 3 nitrogen and oxygen atoms in total. The maximum atomic E-state index is 5.17. The van der Waals surface area contributed by atoms with Crippen molar-refractivity contribution in [2.45, 2.75) is 26.2 Å². The van der Waals surface area contributed by atoms with Crippen LogP contribution >= 0.6 is 0 Å². The summed E-state index contributed by atoms with van der Waals surface area (Å²) in [4.78, 5) is 6.41. The highest BCUT2D eigenvalue weighted by Gasteiger charge is 2.16. The van der Waals surface area contributed by atoms with Gasteiger partial charge in [0, 0.05) is 28.8 Å². The Balaban J connectivity index is 0.000000143. The van der Waals surface area contributed by atoms with Crippen molar-refractivity contribution in [3.63, 3.8) is 0 Å². The van der Waals surface area contributed by atoms with Crippen molar-refractivity contribution in [3.05, 3.63) is 66.5 Å². The van der Waals surface area contributed by atoms with Gasteiger partial charge in [-0.05, 0) is 40.6 Å². The number of aromatic nitrogens is 2. The smallest absolute Gasteiger partial charge is 0.128 e. The average molecular weight is 320 g/mol. The molecule has 0 saturated heterocycles. The zero-order valence-electron chi connectivity index (χ0n) is 14.7. The molecule has 2 N–H and O–H groups in total. The van der Waals surface area contributed by atoms with E-state index in [1.165, 1.54) is 16.5 Å². The molecule has 2 aromatic heterocycles. The average Bonchev–Trinajstić information content (AvgIpc) is 3.22. The zero-order chi connectivity index (χ0) is 17.2. The van der Waals surface area contributed by atoms with Crippen LogP contribution in [-0.2, 0) is 5.41 Å². The summed E-state index contributed by atoms with van der Waals surface area (Å²) < 4.78 is 5.17. The highest BCUT2D eigenvalue weighted by molar-refractivity contribution is 5.85. The van der Waals surface area contributed by atoms with Crippen LogP contribution in [0.1, 0.15) is 26.3 Å². The molecule has 2 heterocycles. The van der Waals surface area contributed by atoms with E-state index < -0.39 is 0 Å². The number of fused-ring (bicyclic) bond motifs is 2. The molecule has 0 atom stereocenters. The number of ether oxygens (including phenoxy) is 1. The van der Waals surface area contributed by atoms with Crippen molar-refractivity contribution in [1.82, 2.24) is 9.97 Å². The molecule has 24 heavy (non-hydrogen) atoms. The number of hydrogen-bond acceptors (Lipinski definition) is 1. The van der Waals surface area contributed by atoms with E-state index in [2.05, 4.69) is 55.0 Å². The predicted octanol–water partition coefficient (Wildman–Crippen LogP) is 5.64. The molecule has 0 aliphatic rings. The lowest BCUT2D eigenvalue weighted by Gasteiger charge is -2.19. The summed E-state index contributed by atoms with van der Waals surface area (Å²) in [6, 6.07) is 16.5. The first-order chi connectivity index (χ1) is 11.5. The molecule has 0 fully saturated rings. The van der Waals surface area contributed by atoms with E-state index >= 15 is 0 Å². The van der Waals surface area contributed by atoms with Crippen molar-refractivity contribution in [2.24, 2.45) is 0 Å². The standard InChI is InChI=1S/C12H15N.C9H9NO/c1-12(2,3)10-6-4-5-9-7-8-13-11(9)10;1-11-9-4-2-3-8-7(9)5-6-10-8/h4-8,13H,1-3H3;2-6,10H,1H3. The van der Waals surface area contributed by atoms with Gasteiger partial charge in [-0.25, -0.2) is 0 Å². The van der Waals surface area contributed by atoms with Gasteiger partial charge in [-0.2, -0.15) is 0 Å². The van der Waals surface area contributed by atoms with Gasteiger partial charge in [0.05, 0.1) is 7.11 Å². The number of nitrogens with one attached hydrogen (secondary N) is 2. The fraction of sp³-hybridized carbons (Fsp3) is 0.238.